The molecule has 0 saturated carbocycles. The molecule has 0 heterocycles. The van der Waals surface area contributed by atoms with Crippen molar-refractivity contribution < 1.29 is 8.42 Å². The predicted octanol–water partition coefficient (Wildman–Crippen LogP) is 2.75. The Balaban J connectivity index is 4.02. The van der Waals surface area contributed by atoms with Gasteiger partial charge in [0.15, 0.2) is 0 Å². The van der Waals surface area contributed by atoms with E-state index in [-0.39, 0.29) is 11.2 Å². The maximum atomic E-state index is 11.6. The third-order valence-electron chi connectivity index (χ3n) is 2.52. The topological polar surface area (TPSA) is 46.2 Å². The normalized spacial score (nSPS) is 13.0. The summed E-state index contributed by atoms with van der Waals surface area (Å²) in [7, 11) is -3.08. The molecule has 0 aromatic carbocycles. The van der Waals surface area contributed by atoms with Gasteiger partial charge in [-0.2, -0.15) is 0 Å². The number of halogens is 1. The summed E-state index contributed by atoms with van der Waals surface area (Å²) in [4.78, 5) is 0. The zero-order valence-electron chi connectivity index (χ0n) is 10.6. The standard InChI is InChI=1S/C11H24ClNO2S/c1-4-5-9-16(14,15)13-10-11(2,3)7-6-8-12/h13H,4-10H2,1-3H3. The molecule has 5 heteroatoms. The number of rotatable bonds is 9. The van der Waals surface area contributed by atoms with Gasteiger partial charge in [-0.05, 0) is 24.7 Å². The third-order valence-corrected chi connectivity index (χ3v) is 4.20. The largest absolute Gasteiger partial charge is 0.215 e. The molecule has 1 N–H and O–H groups in total. The molecule has 98 valence electrons. The summed E-state index contributed by atoms with van der Waals surface area (Å²) in [6.45, 7) is 6.60. The summed E-state index contributed by atoms with van der Waals surface area (Å²) < 4.78 is 25.8. The highest BCUT2D eigenvalue weighted by molar-refractivity contribution is 7.89. The number of nitrogens with one attached hydrogen (secondary N) is 1. The van der Waals surface area contributed by atoms with E-state index < -0.39 is 10.0 Å². The molecule has 0 aromatic rings. The zero-order chi connectivity index (χ0) is 12.7. The Bertz CT molecular complexity index is 276. The first-order valence-electron chi connectivity index (χ1n) is 5.86. The highest BCUT2D eigenvalue weighted by atomic mass is 35.5. The second kappa shape index (κ2) is 7.51. The van der Waals surface area contributed by atoms with E-state index in [9.17, 15) is 8.42 Å². The smallest absolute Gasteiger partial charge is 0.211 e. The average Bonchev–Trinajstić information content (AvgIpc) is 2.22. The van der Waals surface area contributed by atoms with Crippen molar-refractivity contribution in [2.75, 3.05) is 18.2 Å². The number of unbranched alkanes of at least 4 members (excludes halogenated alkanes) is 1. The van der Waals surface area contributed by atoms with Gasteiger partial charge in [-0.25, -0.2) is 13.1 Å². The lowest BCUT2D eigenvalue weighted by Crippen LogP contribution is -2.35. The Morgan fingerprint density at radius 2 is 1.88 bits per heavy atom. The molecule has 0 saturated heterocycles. The van der Waals surface area contributed by atoms with Crippen LogP contribution in [-0.2, 0) is 10.0 Å². The maximum absolute atomic E-state index is 11.6. The molecular formula is C11H24ClNO2S. The molecule has 0 radical (unpaired) electrons. The molecule has 0 aromatic heterocycles. The van der Waals surface area contributed by atoms with Gasteiger partial charge in [0.2, 0.25) is 10.0 Å². The van der Waals surface area contributed by atoms with Gasteiger partial charge in [0.1, 0.15) is 0 Å². The molecule has 0 spiro atoms. The molecule has 16 heavy (non-hydrogen) atoms. The summed E-state index contributed by atoms with van der Waals surface area (Å²) in [5.74, 6) is 0.862. The minimum absolute atomic E-state index is 0.0197. The summed E-state index contributed by atoms with van der Waals surface area (Å²) in [5.41, 5.74) is -0.0197. The number of hydrogen-bond donors (Lipinski definition) is 1. The van der Waals surface area contributed by atoms with Crippen molar-refractivity contribution in [1.29, 1.82) is 0 Å². The van der Waals surface area contributed by atoms with Crippen LogP contribution in [0.5, 0.6) is 0 Å². The van der Waals surface area contributed by atoms with E-state index in [1.165, 1.54) is 0 Å². The first-order chi connectivity index (χ1) is 7.33. The lowest BCUT2D eigenvalue weighted by atomic mass is 9.88. The Morgan fingerprint density at radius 3 is 2.38 bits per heavy atom. The zero-order valence-corrected chi connectivity index (χ0v) is 12.1. The van der Waals surface area contributed by atoms with E-state index in [2.05, 4.69) is 18.6 Å². The van der Waals surface area contributed by atoms with Crippen molar-refractivity contribution >= 4 is 21.6 Å². The fourth-order valence-corrected chi connectivity index (χ4v) is 2.90. The van der Waals surface area contributed by atoms with Gasteiger partial charge >= 0.3 is 0 Å². The quantitative estimate of drug-likeness (QED) is 0.654. The van der Waals surface area contributed by atoms with Gasteiger partial charge in [-0.3, -0.25) is 0 Å². The van der Waals surface area contributed by atoms with E-state index in [1.54, 1.807) is 0 Å². The third kappa shape index (κ3) is 8.36. The number of sulfonamides is 1. The van der Waals surface area contributed by atoms with Crippen LogP contribution in [0.3, 0.4) is 0 Å². The van der Waals surface area contributed by atoms with Gasteiger partial charge < -0.3 is 0 Å². The van der Waals surface area contributed by atoms with E-state index in [1.807, 2.05) is 6.92 Å². The van der Waals surface area contributed by atoms with Crippen molar-refractivity contribution in [3.8, 4) is 0 Å². The predicted molar refractivity (Wildman–Crippen MR) is 70.4 cm³/mol. The van der Waals surface area contributed by atoms with Crippen molar-refractivity contribution in [2.24, 2.45) is 5.41 Å². The van der Waals surface area contributed by atoms with Crippen LogP contribution in [0.15, 0.2) is 0 Å². The summed E-state index contributed by atoms with van der Waals surface area (Å²) in [5, 5.41) is 0. The average molecular weight is 270 g/mol. The minimum Gasteiger partial charge on any atom is -0.215 e. The van der Waals surface area contributed by atoms with Crippen LogP contribution in [0.2, 0.25) is 0 Å². The molecule has 0 aliphatic carbocycles. The lowest BCUT2D eigenvalue weighted by Gasteiger charge is -2.24. The summed E-state index contributed by atoms with van der Waals surface area (Å²) >= 11 is 5.63. The van der Waals surface area contributed by atoms with E-state index in [0.717, 1.165) is 25.7 Å². The SMILES string of the molecule is CCCCS(=O)(=O)NCC(C)(C)CCCCl. The molecule has 0 atom stereocenters. The second-order valence-electron chi connectivity index (χ2n) is 4.95. The first-order valence-corrected chi connectivity index (χ1v) is 8.05. The molecule has 0 unspecified atom stereocenters. The molecule has 0 aliphatic rings. The fraction of sp³-hybridized carbons (Fsp3) is 1.00. The van der Waals surface area contributed by atoms with Crippen LogP contribution < -0.4 is 4.72 Å². The summed E-state index contributed by atoms with van der Waals surface area (Å²) in [6.07, 6.45) is 3.48. The van der Waals surface area contributed by atoms with Crippen LogP contribution in [0, 0.1) is 5.41 Å². The van der Waals surface area contributed by atoms with Crippen molar-refractivity contribution in [3.05, 3.63) is 0 Å². The second-order valence-corrected chi connectivity index (χ2v) is 7.25. The molecule has 3 nitrogen and oxygen atoms in total. The molecular weight excluding hydrogens is 246 g/mol. The maximum Gasteiger partial charge on any atom is 0.211 e. The number of alkyl halides is 1. The Hall–Kier alpha value is 0.200. The molecule has 0 aliphatic heterocycles. The van der Waals surface area contributed by atoms with Crippen molar-refractivity contribution in [3.63, 3.8) is 0 Å². The van der Waals surface area contributed by atoms with Crippen molar-refractivity contribution in [2.45, 2.75) is 46.5 Å². The van der Waals surface area contributed by atoms with Gasteiger partial charge in [-0.1, -0.05) is 27.2 Å². The molecule has 0 rings (SSSR count). The fourth-order valence-electron chi connectivity index (χ4n) is 1.35. The van der Waals surface area contributed by atoms with Gasteiger partial charge in [0, 0.05) is 12.4 Å². The number of hydrogen-bond acceptors (Lipinski definition) is 2. The monoisotopic (exact) mass is 269 g/mol. The highest BCUT2D eigenvalue weighted by Crippen LogP contribution is 2.21. The van der Waals surface area contributed by atoms with E-state index in [0.29, 0.717) is 12.4 Å². The molecule has 0 fully saturated rings. The summed E-state index contributed by atoms with van der Waals surface area (Å²) in [6, 6.07) is 0. The molecule has 0 amide bonds. The van der Waals surface area contributed by atoms with Crippen LogP contribution in [0.25, 0.3) is 0 Å². The van der Waals surface area contributed by atoms with Crippen LogP contribution in [0.1, 0.15) is 46.5 Å². The molecule has 0 bridgehead atoms. The Labute approximate surface area is 105 Å². The van der Waals surface area contributed by atoms with E-state index in [4.69, 9.17) is 11.6 Å². The van der Waals surface area contributed by atoms with Gasteiger partial charge in [-0.15, -0.1) is 11.6 Å². The first kappa shape index (κ1) is 16.2. The van der Waals surface area contributed by atoms with E-state index >= 15 is 0 Å². The Morgan fingerprint density at radius 1 is 1.25 bits per heavy atom. The lowest BCUT2D eigenvalue weighted by molar-refractivity contribution is 0.331. The van der Waals surface area contributed by atoms with Crippen LogP contribution in [-0.4, -0.2) is 26.6 Å². The van der Waals surface area contributed by atoms with Crippen LogP contribution in [0.4, 0.5) is 0 Å². The van der Waals surface area contributed by atoms with Gasteiger partial charge in [0.25, 0.3) is 0 Å². The van der Waals surface area contributed by atoms with Crippen molar-refractivity contribution in [1.82, 2.24) is 4.72 Å². The van der Waals surface area contributed by atoms with Crippen LogP contribution >= 0.6 is 11.6 Å². The minimum atomic E-state index is -3.08. The highest BCUT2D eigenvalue weighted by Gasteiger charge is 2.20. The van der Waals surface area contributed by atoms with Gasteiger partial charge in [0.05, 0.1) is 5.75 Å². The Kier molecular flexibility index (Phi) is 7.61.